The number of amides is 1. The highest BCUT2D eigenvalue weighted by atomic mass is 32.2. The first-order chi connectivity index (χ1) is 22.2. The van der Waals surface area contributed by atoms with Crippen LogP contribution >= 0.6 is 11.8 Å². The minimum atomic E-state index is -0.992. The fourth-order valence-electron chi connectivity index (χ4n) is 3.59. The number of nitrogens with one attached hydrogen (secondary N) is 1. The summed E-state index contributed by atoms with van der Waals surface area (Å²) in [5.41, 5.74) is 0.295. The molecule has 0 saturated carbocycles. The molecule has 3 rings (SSSR count). The second-order valence-electron chi connectivity index (χ2n) is 9.48. The van der Waals surface area contributed by atoms with E-state index in [1.165, 1.54) is 37.9 Å². The Bertz CT molecular complexity index is 1140. The number of nitro groups is 1. The van der Waals surface area contributed by atoms with Gasteiger partial charge in [-0.05, 0) is 13.0 Å². The smallest absolute Gasteiger partial charge is 0.335 e. The van der Waals surface area contributed by atoms with E-state index < -0.39 is 28.8 Å². The molecule has 16 nitrogen and oxygen atoms in total. The number of thioether (sulfide) groups is 1. The van der Waals surface area contributed by atoms with Crippen molar-refractivity contribution in [1.29, 1.82) is 0 Å². The summed E-state index contributed by atoms with van der Waals surface area (Å²) < 4.78 is 48.4. The van der Waals surface area contributed by atoms with Crippen LogP contribution in [0.5, 0.6) is 11.5 Å². The Labute approximate surface area is 271 Å². The lowest BCUT2D eigenvalue weighted by molar-refractivity contribution is -0.385. The van der Waals surface area contributed by atoms with Crippen LogP contribution in [0.4, 0.5) is 5.69 Å². The number of hydrogen-bond donors (Lipinski definition) is 1. The van der Waals surface area contributed by atoms with Crippen LogP contribution in [0, 0.1) is 10.1 Å². The lowest BCUT2D eigenvalue weighted by Gasteiger charge is -2.17. The van der Waals surface area contributed by atoms with Crippen LogP contribution in [0.3, 0.4) is 0 Å². The lowest BCUT2D eigenvalue weighted by Crippen LogP contribution is -2.43. The van der Waals surface area contributed by atoms with Gasteiger partial charge < -0.3 is 47.9 Å². The molecule has 2 aliphatic rings. The Balaban J connectivity index is 2.16. The van der Waals surface area contributed by atoms with Crippen molar-refractivity contribution >= 4 is 35.3 Å². The van der Waals surface area contributed by atoms with Crippen molar-refractivity contribution in [2.24, 2.45) is 0 Å². The molecule has 1 atom stereocenters. The largest absolute Gasteiger partial charge is 0.487 e. The van der Waals surface area contributed by atoms with Crippen LogP contribution in [0.2, 0.25) is 0 Å². The van der Waals surface area contributed by atoms with Crippen molar-refractivity contribution in [2.75, 3.05) is 92.3 Å². The zero-order valence-corrected chi connectivity index (χ0v) is 26.9. The molecular weight excluding hydrogens is 632 g/mol. The highest BCUT2D eigenvalue weighted by Crippen LogP contribution is 2.37. The van der Waals surface area contributed by atoms with Crippen LogP contribution in [0.15, 0.2) is 24.3 Å². The van der Waals surface area contributed by atoms with Crippen molar-refractivity contribution in [3.05, 3.63) is 40.0 Å². The zero-order valence-electron chi connectivity index (χ0n) is 26.1. The van der Waals surface area contributed by atoms with Gasteiger partial charge in [0, 0.05) is 29.1 Å². The van der Waals surface area contributed by atoms with Gasteiger partial charge in [0.1, 0.15) is 19.3 Å². The van der Waals surface area contributed by atoms with Gasteiger partial charge in [-0.15, -0.1) is 0 Å². The van der Waals surface area contributed by atoms with Crippen molar-refractivity contribution in [2.45, 2.75) is 25.1 Å². The number of fused-ring (bicyclic) bond motifs is 22. The van der Waals surface area contributed by atoms with E-state index in [0.29, 0.717) is 33.0 Å². The molecule has 0 saturated heterocycles. The normalized spacial score (nSPS) is 18.1. The Morgan fingerprint density at radius 1 is 1.02 bits per heavy atom. The van der Waals surface area contributed by atoms with Crippen molar-refractivity contribution in [3.8, 4) is 11.5 Å². The number of nitrogens with zero attached hydrogens (tertiary/aromatic N) is 1. The average molecular weight is 675 g/mol. The molecular formula is C29H42N2O14S. The average Bonchev–Trinajstić information content (AvgIpc) is 3.03. The highest BCUT2D eigenvalue weighted by Gasteiger charge is 2.24. The molecule has 2 aliphatic heterocycles. The van der Waals surface area contributed by atoms with Crippen LogP contribution < -0.4 is 14.8 Å². The van der Waals surface area contributed by atoms with Crippen LogP contribution in [-0.2, 0) is 53.3 Å². The van der Waals surface area contributed by atoms with Gasteiger partial charge in [0.2, 0.25) is 5.91 Å². The second-order valence-corrected chi connectivity index (χ2v) is 10.5. The zero-order chi connectivity index (χ0) is 33.6. The third-order valence-corrected chi connectivity index (χ3v) is 6.97. The standard InChI is InChI=1S/C29H42N2O14S/c1-21(2)28(33)45-20-42-13-15-43-25-16-22-18-46-19-23(29(34)37-3)30-27(32)4-5-38-6-7-39-8-9-40-10-11-41-12-14-44-26(25)17-24(22)31(35)36/h16-17,23H,1,4-15,18-20H2,2-3H3,(H,30,32). The first-order valence-electron chi connectivity index (χ1n) is 14.5. The Morgan fingerprint density at radius 2 is 1.65 bits per heavy atom. The Morgan fingerprint density at radius 3 is 2.26 bits per heavy atom. The molecule has 0 fully saturated rings. The summed E-state index contributed by atoms with van der Waals surface area (Å²) in [6.45, 7) is 7.05. The van der Waals surface area contributed by atoms with E-state index in [2.05, 4.69) is 11.9 Å². The van der Waals surface area contributed by atoms with E-state index in [9.17, 15) is 24.5 Å². The van der Waals surface area contributed by atoms with Gasteiger partial charge in [-0.3, -0.25) is 14.9 Å². The number of esters is 2. The topological polar surface area (TPSA) is 189 Å². The summed E-state index contributed by atoms with van der Waals surface area (Å²) in [5.74, 6) is -1.19. The van der Waals surface area contributed by atoms with Crippen LogP contribution in [0.25, 0.3) is 0 Å². The molecule has 1 aromatic carbocycles. The van der Waals surface area contributed by atoms with E-state index in [4.69, 9.17) is 42.6 Å². The molecule has 0 aliphatic carbocycles. The molecule has 46 heavy (non-hydrogen) atoms. The lowest BCUT2D eigenvalue weighted by atomic mass is 10.2. The van der Waals surface area contributed by atoms with Gasteiger partial charge in [-0.25, -0.2) is 9.59 Å². The number of methoxy groups -OCH3 is 1. The van der Waals surface area contributed by atoms with E-state index in [1.54, 1.807) is 0 Å². The summed E-state index contributed by atoms with van der Waals surface area (Å²) in [7, 11) is 1.20. The van der Waals surface area contributed by atoms with Crippen molar-refractivity contribution < 1.29 is 61.9 Å². The number of rotatable bonds is 9. The van der Waals surface area contributed by atoms with Gasteiger partial charge in [0.05, 0.1) is 77.6 Å². The SMILES string of the molecule is C=C(C)C(=O)OCOCCOc1cc2c([N+](=O)[O-])cc1OCCOCCOCCOCCOCCC(=O)NC(C(=O)OC)CSC2. The molecule has 0 aromatic heterocycles. The maximum atomic E-state index is 12.4. The molecule has 0 radical (unpaired) electrons. The Kier molecular flexibility index (Phi) is 19.3. The maximum Gasteiger partial charge on any atom is 0.335 e. The van der Waals surface area contributed by atoms with E-state index in [0.717, 1.165) is 0 Å². The fraction of sp³-hybridized carbons (Fsp3) is 0.621. The number of benzene rings is 1. The molecule has 258 valence electrons. The number of hydrogen-bond acceptors (Lipinski definition) is 15. The third kappa shape index (κ3) is 15.7. The summed E-state index contributed by atoms with van der Waals surface area (Å²) in [4.78, 5) is 47.7. The minimum Gasteiger partial charge on any atom is -0.487 e. The van der Waals surface area contributed by atoms with Gasteiger partial charge in [-0.1, -0.05) is 6.58 Å². The van der Waals surface area contributed by atoms with Crippen molar-refractivity contribution in [1.82, 2.24) is 5.32 Å². The summed E-state index contributed by atoms with van der Waals surface area (Å²) >= 11 is 1.18. The van der Waals surface area contributed by atoms with Crippen LogP contribution in [0.1, 0.15) is 18.9 Å². The van der Waals surface area contributed by atoms with E-state index in [1.807, 2.05) is 0 Å². The number of carbonyl (C=O) groups is 3. The van der Waals surface area contributed by atoms with Gasteiger partial charge >= 0.3 is 11.9 Å². The first kappa shape index (κ1) is 38.7. The predicted octanol–water partition coefficient (Wildman–Crippen LogP) is 1.81. The number of nitro benzene ring substituents is 1. The highest BCUT2D eigenvalue weighted by molar-refractivity contribution is 7.98. The fourth-order valence-corrected chi connectivity index (χ4v) is 4.62. The summed E-state index contributed by atoms with van der Waals surface area (Å²) in [5, 5.41) is 14.6. The minimum absolute atomic E-state index is 0.00306. The predicted molar refractivity (Wildman–Crippen MR) is 164 cm³/mol. The van der Waals surface area contributed by atoms with Crippen molar-refractivity contribution in [3.63, 3.8) is 0 Å². The molecule has 1 N–H and O–H groups in total. The molecule has 2 bridgehead atoms. The summed E-state index contributed by atoms with van der Waals surface area (Å²) in [6, 6.07) is 1.74. The molecule has 1 aromatic rings. The van der Waals surface area contributed by atoms with E-state index in [-0.39, 0.29) is 92.7 Å². The summed E-state index contributed by atoms with van der Waals surface area (Å²) in [6.07, 6.45) is 0.00888. The monoisotopic (exact) mass is 674 g/mol. The molecule has 0 spiro atoms. The van der Waals surface area contributed by atoms with Gasteiger partial charge in [0.25, 0.3) is 5.69 Å². The van der Waals surface area contributed by atoms with Gasteiger partial charge in [0.15, 0.2) is 18.3 Å². The molecule has 17 heteroatoms. The second kappa shape index (κ2) is 22.9. The quantitative estimate of drug-likeness (QED) is 0.0759. The Hall–Kier alpha value is -3.48. The third-order valence-electron chi connectivity index (χ3n) is 5.89. The first-order valence-corrected chi connectivity index (χ1v) is 15.6. The molecule has 1 amide bonds. The molecule has 2 heterocycles. The van der Waals surface area contributed by atoms with E-state index >= 15 is 0 Å². The van der Waals surface area contributed by atoms with Crippen LogP contribution in [-0.4, -0.2) is 121 Å². The number of ether oxygens (including phenoxy) is 9. The van der Waals surface area contributed by atoms with Gasteiger partial charge in [-0.2, -0.15) is 11.8 Å². The molecule has 1 unspecified atom stereocenters. The number of carbonyl (C=O) groups excluding carboxylic acids is 3. The maximum absolute atomic E-state index is 12.4.